The number of fused-ring (bicyclic) bond motifs is 1. The summed E-state index contributed by atoms with van der Waals surface area (Å²) in [6.07, 6.45) is 3.18. The third-order valence-corrected chi connectivity index (χ3v) is 5.63. The number of morpholine rings is 1. The van der Waals surface area contributed by atoms with Crippen LogP contribution in [-0.2, 0) is 20.9 Å². The number of imide groups is 1. The van der Waals surface area contributed by atoms with Gasteiger partial charge in [0.15, 0.2) is 11.6 Å². The number of nitrogens with one attached hydrogen (secondary N) is 1. The van der Waals surface area contributed by atoms with E-state index in [1.54, 1.807) is 36.1 Å². The number of amides is 4. The van der Waals surface area contributed by atoms with E-state index < -0.39 is 11.9 Å². The van der Waals surface area contributed by atoms with Crippen LogP contribution in [0.5, 0.6) is 0 Å². The van der Waals surface area contributed by atoms with E-state index >= 15 is 0 Å². The lowest BCUT2D eigenvalue weighted by Crippen LogP contribution is -2.57. The Kier molecular flexibility index (Phi) is 5.69. The number of ether oxygens (including phenoxy) is 1. The van der Waals surface area contributed by atoms with Crippen LogP contribution in [0.3, 0.4) is 0 Å². The highest BCUT2D eigenvalue weighted by Crippen LogP contribution is 2.27. The predicted octanol–water partition coefficient (Wildman–Crippen LogP) is -0.323. The molecule has 3 aliphatic rings. The van der Waals surface area contributed by atoms with Gasteiger partial charge in [-0.15, -0.1) is 0 Å². The van der Waals surface area contributed by atoms with E-state index in [1.807, 2.05) is 0 Å². The van der Waals surface area contributed by atoms with E-state index in [0.717, 1.165) is 24.5 Å². The largest absolute Gasteiger partial charge is 0.465 e. The second kappa shape index (κ2) is 8.41. The third kappa shape index (κ3) is 3.75. The van der Waals surface area contributed by atoms with Gasteiger partial charge in [0.25, 0.3) is 17.6 Å². The molecule has 4 rings (SSSR count). The highest BCUT2D eigenvalue weighted by atomic mass is 16.5. The maximum absolute atomic E-state index is 13.0. The molecule has 1 N–H and O–H groups in total. The van der Waals surface area contributed by atoms with Crippen LogP contribution >= 0.6 is 0 Å². The van der Waals surface area contributed by atoms with Crippen LogP contribution in [0.4, 0.5) is 4.79 Å². The van der Waals surface area contributed by atoms with Crippen molar-refractivity contribution in [1.82, 2.24) is 20.0 Å². The van der Waals surface area contributed by atoms with Gasteiger partial charge >= 0.3 is 6.03 Å². The summed E-state index contributed by atoms with van der Waals surface area (Å²) in [7, 11) is 3.05. The summed E-state index contributed by atoms with van der Waals surface area (Å²) in [5, 5.41) is 2.94. The van der Waals surface area contributed by atoms with Gasteiger partial charge in [0.2, 0.25) is 0 Å². The fourth-order valence-electron chi connectivity index (χ4n) is 3.98. The molecule has 1 atom stereocenters. The van der Waals surface area contributed by atoms with Crippen LogP contribution in [0, 0.1) is 5.92 Å². The summed E-state index contributed by atoms with van der Waals surface area (Å²) >= 11 is 0. The Morgan fingerprint density at radius 2 is 2.00 bits per heavy atom. The highest BCUT2D eigenvalue weighted by Gasteiger charge is 2.51. The Hall–Kier alpha value is -2.98. The van der Waals surface area contributed by atoms with Gasteiger partial charge in [-0.3, -0.25) is 14.5 Å². The van der Waals surface area contributed by atoms with E-state index in [9.17, 15) is 14.4 Å². The van der Waals surface area contributed by atoms with Crippen molar-refractivity contribution in [3.8, 4) is 0 Å². The molecule has 4 amide bonds. The molecular formula is C20H26N5O5+. The minimum absolute atomic E-state index is 0.246. The quantitative estimate of drug-likeness (QED) is 0.638. The number of urea groups is 1. The fourth-order valence-corrected chi connectivity index (χ4v) is 3.98. The van der Waals surface area contributed by atoms with E-state index in [-0.39, 0.29) is 18.4 Å². The van der Waals surface area contributed by atoms with Gasteiger partial charge in [0.05, 0.1) is 26.5 Å². The first kappa shape index (κ1) is 20.3. The zero-order valence-electron chi connectivity index (χ0n) is 17.2. The maximum atomic E-state index is 13.0. The van der Waals surface area contributed by atoms with Crippen LogP contribution < -0.4 is 5.32 Å². The van der Waals surface area contributed by atoms with Crippen molar-refractivity contribution in [2.24, 2.45) is 5.92 Å². The predicted molar refractivity (Wildman–Crippen MR) is 105 cm³/mol. The summed E-state index contributed by atoms with van der Waals surface area (Å²) in [4.78, 5) is 42.9. The normalized spacial score (nSPS) is 22.5. The SMILES string of the molecule is CN1C(=O)C2C=C(C(=O)NCCN3CCOCC3)[N+](Cc3ccco3)=C2N(C)C1=O. The topological polar surface area (TPSA) is 98.3 Å². The first-order valence-electron chi connectivity index (χ1n) is 9.99. The van der Waals surface area contributed by atoms with E-state index in [4.69, 9.17) is 9.15 Å². The molecule has 0 aliphatic carbocycles. The molecule has 4 heterocycles. The Bertz CT molecular complexity index is 901. The zero-order chi connectivity index (χ0) is 21.3. The lowest BCUT2D eigenvalue weighted by Gasteiger charge is -2.27. The van der Waals surface area contributed by atoms with Crippen molar-refractivity contribution in [3.05, 3.63) is 35.9 Å². The van der Waals surface area contributed by atoms with Gasteiger partial charge < -0.3 is 14.5 Å². The highest BCUT2D eigenvalue weighted by molar-refractivity contribution is 6.19. The summed E-state index contributed by atoms with van der Waals surface area (Å²) in [6, 6.07) is 3.12. The molecule has 1 aromatic heterocycles. The minimum atomic E-state index is -0.687. The smallest absolute Gasteiger partial charge is 0.417 e. The number of hydrogen-bond acceptors (Lipinski definition) is 6. The molecule has 0 bridgehead atoms. The molecule has 0 spiro atoms. The summed E-state index contributed by atoms with van der Waals surface area (Å²) in [5.74, 6) is -0.227. The van der Waals surface area contributed by atoms with Crippen LogP contribution in [0.25, 0.3) is 0 Å². The average Bonchev–Trinajstić information content (AvgIpc) is 3.40. The van der Waals surface area contributed by atoms with Crippen molar-refractivity contribution in [1.29, 1.82) is 0 Å². The molecule has 2 saturated heterocycles. The molecule has 0 saturated carbocycles. The molecule has 2 fully saturated rings. The number of carbonyl (C=O) groups is 3. The van der Waals surface area contributed by atoms with Crippen LogP contribution in [0.15, 0.2) is 34.6 Å². The average molecular weight is 416 g/mol. The van der Waals surface area contributed by atoms with E-state index in [1.165, 1.54) is 11.9 Å². The number of furan rings is 1. The Labute approximate surface area is 174 Å². The number of carbonyl (C=O) groups excluding carboxylic acids is 3. The van der Waals surface area contributed by atoms with Crippen molar-refractivity contribution in [3.63, 3.8) is 0 Å². The van der Waals surface area contributed by atoms with Gasteiger partial charge in [-0.05, 0) is 18.2 Å². The van der Waals surface area contributed by atoms with E-state index in [0.29, 0.717) is 37.1 Å². The maximum Gasteiger partial charge on any atom is 0.417 e. The molecule has 160 valence electrons. The standard InChI is InChI=1S/C20H25N5O5/c1-22-18-15(19(27)23(2)20(22)28)12-16(25(18)13-14-4-3-9-30-14)17(26)21-5-6-24-7-10-29-11-8-24/h3-4,9,12,15H,5-8,10-11,13H2,1-2H3/p+1. The number of nitrogens with zero attached hydrogens (tertiary/aromatic N) is 4. The molecule has 3 aliphatic heterocycles. The van der Waals surface area contributed by atoms with Gasteiger partial charge in [0, 0.05) is 33.2 Å². The Morgan fingerprint density at radius 1 is 1.23 bits per heavy atom. The summed E-state index contributed by atoms with van der Waals surface area (Å²) in [6.45, 7) is 4.54. The second-order valence-electron chi connectivity index (χ2n) is 7.50. The van der Waals surface area contributed by atoms with Crippen LogP contribution in [0.1, 0.15) is 5.76 Å². The lowest BCUT2D eigenvalue weighted by molar-refractivity contribution is -0.492. The van der Waals surface area contributed by atoms with Crippen LogP contribution in [0.2, 0.25) is 0 Å². The van der Waals surface area contributed by atoms with Crippen molar-refractivity contribution in [2.75, 3.05) is 53.5 Å². The van der Waals surface area contributed by atoms with E-state index in [2.05, 4.69) is 10.2 Å². The second-order valence-corrected chi connectivity index (χ2v) is 7.50. The zero-order valence-corrected chi connectivity index (χ0v) is 17.2. The molecule has 1 unspecified atom stereocenters. The number of hydrogen-bond donors (Lipinski definition) is 1. The summed E-state index contributed by atoms with van der Waals surface area (Å²) < 4.78 is 12.5. The fraction of sp³-hybridized carbons (Fsp3) is 0.500. The minimum Gasteiger partial charge on any atom is -0.465 e. The van der Waals surface area contributed by atoms with Crippen molar-refractivity contribution < 1.29 is 28.1 Å². The molecule has 1 aromatic rings. The van der Waals surface area contributed by atoms with Crippen molar-refractivity contribution in [2.45, 2.75) is 6.54 Å². The Balaban J connectivity index is 1.55. The number of amidine groups is 1. The number of rotatable bonds is 6. The monoisotopic (exact) mass is 416 g/mol. The first-order valence-corrected chi connectivity index (χ1v) is 9.99. The first-order chi connectivity index (χ1) is 14.5. The molecule has 0 radical (unpaired) electrons. The van der Waals surface area contributed by atoms with Gasteiger partial charge in [-0.25, -0.2) is 14.3 Å². The van der Waals surface area contributed by atoms with Gasteiger partial charge in [-0.2, -0.15) is 4.90 Å². The van der Waals surface area contributed by atoms with Crippen molar-refractivity contribution >= 4 is 23.7 Å². The third-order valence-electron chi connectivity index (χ3n) is 5.63. The van der Waals surface area contributed by atoms with Crippen LogP contribution in [-0.4, -0.2) is 96.4 Å². The molecular weight excluding hydrogens is 390 g/mol. The molecule has 10 heteroatoms. The van der Waals surface area contributed by atoms with Gasteiger partial charge in [0.1, 0.15) is 12.3 Å². The molecule has 0 aromatic carbocycles. The molecule has 30 heavy (non-hydrogen) atoms. The Morgan fingerprint density at radius 3 is 2.70 bits per heavy atom. The summed E-state index contributed by atoms with van der Waals surface area (Å²) in [5.41, 5.74) is 0.344. The molecule has 10 nitrogen and oxygen atoms in total. The lowest BCUT2D eigenvalue weighted by atomic mass is 10.0. The van der Waals surface area contributed by atoms with Gasteiger partial charge in [-0.1, -0.05) is 0 Å².